The molecule has 0 aromatic carbocycles. The molecule has 0 fully saturated rings. The summed E-state index contributed by atoms with van der Waals surface area (Å²) >= 11 is 0. The average Bonchev–Trinajstić information content (AvgIpc) is 2.42. The van der Waals surface area contributed by atoms with E-state index in [4.69, 9.17) is 4.74 Å². The summed E-state index contributed by atoms with van der Waals surface area (Å²) < 4.78 is 5.38. The van der Waals surface area contributed by atoms with E-state index < -0.39 is 41.9 Å². The van der Waals surface area contributed by atoms with Crippen LogP contribution in [0.2, 0.25) is 0 Å². The number of rotatable bonds is 4. The summed E-state index contributed by atoms with van der Waals surface area (Å²) in [5.41, 5.74) is -1.29. The zero-order chi connectivity index (χ0) is 16.9. The summed E-state index contributed by atoms with van der Waals surface area (Å²) in [4.78, 5) is 12.3. The molecule has 0 aromatic heterocycles. The van der Waals surface area contributed by atoms with Crippen LogP contribution in [0.3, 0.4) is 0 Å². The summed E-state index contributed by atoms with van der Waals surface area (Å²) in [6, 6.07) is 0. The Balaban J connectivity index is 2.94. The van der Waals surface area contributed by atoms with Gasteiger partial charge in [0.1, 0.15) is 6.10 Å². The van der Waals surface area contributed by atoms with E-state index in [2.05, 4.69) is 0 Å². The van der Waals surface area contributed by atoms with Gasteiger partial charge in [-0.1, -0.05) is 25.5 Å². The van der Waals surface area contributed by atoms with Gasteiger partial charge in [-0.2, -0.15) is 0 Å². The van der Waals surface area contributed by atoms with Crippen LogP contribution in [0.15, 0.2) is 12.2 Å². The summed E-state index contributed by atoms with van der Waals surface area (Å²) in [6.07, 6.45) is -0.350. The number of carbonyl (C=O) groups is 1. The van der Waals surface area contributed by atoms with Crippen LogP contribution in [0, 0.1) is 5.41 Å². The smallest absolute Gasteiger partial charge is 0.314 e. The lowest BCUT2D eigenvalue weighted by Crippen LogP contribution is -2.47. The summed E-state index contributed by atoms with van der Waals surface area (Å²) in [7, 11) is 0. The first-order valence-corrected chi connectivity index (χ1v) is 7.80. The highest BCUT2D eigenvalue weighted by molar-refractivity contribution is 5.77. The van der Waals surface area contributed by atoms with Crippen LogP contribution in [-0.2, 0) is 9.53 Å². The van der Waals surface area contributed by atoms with Crippen molar-refractivity contribution in [2.75, 3.05) is 0 Å². The zero-order valence-electron chi connectivity index (χ0n) is 13.5. The van der Waals surface area contributed by atoms with E-state index in [0.29, 0.717) is 6.42 Å². The first-order valence-electron chi connectivity index (χ1n) is 7.80. The van der Waals surface area contributed by atoms with Gasteiger partial charge in [0.2, 0.25) is 0 Å². The van der Waals surface area contributed by atoms with Crippen molar-refractivity contribution in [3.63, 3.8) is 0 Å². The van der Waals surface area contributed by atoms with E-state index in [-0.39, 0.29) is 12.8 Å². The van der Waals surface area contributed by atoms with E-state index in [1.165, 1.54) is 26.0 Å². The minimum absolute atomic E-state index is 0.141. The fourth-order valence-electron chi connectivity index (χ4n) is 2.49. The highest BCUT2D eigenvalue weighted by Gasteiger charge is 2.42. The molecule has 4 N–H and O–H groups in total. The molecule has 0 aromatic rings. The van der Waals surface area contributed by atoms with Crippen molar-refractivity contribution < 1.29 is 30.0 Å². The molecule has 0 amide bonds. The van der Waals surface area contributed by atoms with E-state index in [1.807, 2.05) is 6.92 Å². The van der Waals surface area contributed by atoms with Crippen molar-refractivity contribution in [3.8, 4) is 0 Å². The molecule has 128 valence electrons. The van der Waals surface area contributed by atoms with Gasteiger partial charge in [-0.05, 0) is 20.3 Å². The maximum atomic E-state index is 12.3. The third-order valence-corrected chi connectivity index (χ3v) is 4.05. The second kappa shape index (κ2) is 8.06. The Kier molecular flexibility index (Phi) is 6.99. The summed E-state index contributed by atoms with van der Waals surface area (Å²) in [5.74, 6) is -0.657. The van der Waals surface area contributed by atoms with Crippen molar-refractivity contribution in [3.05, 3.63) is 12.2 Å². The molecule has 1 heterocycles. The summed E-state index contributed by atoms with van der Waals surface area (Å²) in [6.45, 7) is 4.93. The van der Waals surface area contributed by atoms with Crippen molar-refractivity contribution in [2.24, 2.45) is 5.41 Å². The fourth-order valence-corrected chi connectivity index (χ4v) is 2.49. The third kappa shape index (κ3) is 5.05. The minimum atomic E-state index is -1.34. The highest BCUT2D eigenvalue weighted by atomic mass is 16.5. The molecule has 0 bridgehead atoms. The van der Waals surface area contributed by atoms with Gasteiger partial charge in [0.25, 0.3) is 0 Å². The average molecular weight is 316 g/mol. The standard InChI is InChI=1S/C16H28O6/c1-4-5-10(17)8-12-9-11(18)6-7-13(19)14(20)16(2,3)15(21)22-12/h6-7,10-14,17-20H,4-5,8-9H2,1-3H3/b7-6+/t10-,11+,12+,13+,14+/m0/s1. The van der Waals surface area contributed by atoms with Gasteiger partial charge >= 0.3 is 5.97 Å². The molecular formula is C16H28O6. The van der Waals surface area contributed by atoms with Gasteiger partial charge in [0.15, 0.2) is 0 Å². The number of hydrogen-bond donors (Lipinski definition) is 4. The van der Waals surface area contributed by atoms with E-state index in [0.717, 1.165) is 6.42 Å². The van der Waals surface area contributed by atoms with Crippen LogP contribution in [0.5, 0.6) is 0 Å². The zero-order valence-corrected chi connectivity index (χ0v) is 13.5. The van der Waals surface area contributed by atoms with Crippen LogP contribution < -0.4 is 0 Å². The van der Waals surface area contributed by atoms with Gasteiger partial charge in [0.05, 0.1) is 29.8 Å². The quantitative estimate of drug-likeness (QED) is 0.445. The third-order valence-electron chi connectivity index (χ3n) is 4.05. The first kappa shape index (κ1) is 19.1. The molecule has 5 atom stereocenters. The Morgan fingerprint density at radius 2 is 1.95 bits per heavy atom. The number of hydrogen-bond acceptors (Lipinski definition) is 6. The molecule has 0 radical (unpaired) electrons. The molecule has 0 spiro atoms. The maximum absolute atomic E-state index is 12.3. The number of aliphatic hydroxyl groups is 4. The first-order chi connectivity index (χ1) is 10.2. The number of carbonyl (C=O) groups excluding carboxylic acids is 1. The van der Waals surface area contributed by atoms with Crippen molar-refractivity contribution in [1.29, 1.82) is 0 Å². The number of esters is 1. The van der Waals surface area contributed by atoms with Gasteiger partial charge < -0.3 is 25.2 Å². The molecule has 1 aliphatic rings. The van der Waals surface area contributed by atoms with Crippen LogP contribution in [-0.4, -0.2) is 56.9 Å². The number of ether oxygens (including phenoxy) is 1. The Labute approximate surface area is 131 Å². The van der Waals surface area contributed by atoms with E-state index >= 15 is 0 Å². The lowest BCUT2D eigenvalue weighted by Gasteiger charge is -2.34. The molecule has 6 nitrogen and oxygen atoms in total. The Bertz CT molecular complexity index is 392. The molecule has 1 rings (SSSR count). The molecule has 22 heavy (non-hydrogen) atoms. The van der Waals surface area contributed by atoms with Crippen LogP contribution in [0.1, 0.15) is 46.5 Å². The van der Waals surface area contributed by atoms with Crippen molar-refractivity contribution in [2.45, 2.75) is 77.0 Å². The van der Waals surface area contributed by atoms with Gasteiger partial charge in [0, 0.05) is 12.8 Å². The van der Waals surface area contributed by atoms with Crippen LogP contribution >= 0.6 is 0 Å². The lowest BCUT2D eigenvalue weighted by molar-refractivity contribution is -0.172. The minimum Gasteiger partial charge on any atom is -0.462 e. The summed E-state index contributed by atoms with van der Waals surface area (Å²) in [5, 5.41) is 39.8. The Hall–Kier alpha value is -0.950. The van der Waals surface area contributed by atoms with Gasteiger partial charge in [-0.3, -0.25) is 4.79 Å². The van der Waals surface area contributed by atoms with E-state index in [1.54, 1.807) is 0 Å². The Morgan fingerprint density at radius 3 is 2.55 bits per heavy atom. The normalized spacial score (nSPS) is 35.5. The second-order valence-corrected chi connectivity index (χ2v) is 6.55. The SMILES string of the molecule is CCC[C@H](O)C[C@@H]1C[C@H](O)/C=C/[C@@H](O)[C@@H](O)C(C)(C)C(=O)O1. The Morgan fingerprint density at radius 1 is 1.32 bits per heavy atom. The maximum Gasteiger partial charge on any atom is 0.314 e. The number of cyclic esters (lactones) is 1. The molecule has 0 unspecified atom stereocenters. The van der Waals surface area contributed by atoms with Gasteiger partial charge in [-0.25, -0.2) is 0 Å². The molecule has 0 saturated heterocycles. The van der Waals surface area contributed by atoms with Crippen molar-refractivity contribution in [1.82, 2.24) is 0 Å². The van der Waals surface area contributed by atoms with Crippen LogP contribution in [0.25, 0.3) is 0 Å². The number of aliphatic hydroxyl groups excluding tert-OH is 4. The highest BCUT2D eigenvalue weighted by Crippen LogP contribution is 2.29. The predicted molar refractivity (Wildman–Crippen MR) is 81.0 cm³/mol. The predicted octanol–water partition coefficient (Wildman–Crippen LogP) is 0.518. The molecule has 0 saturated carbocycles. The van der Waals surface area contributed by atoms with Crippen LogP contribution in [0.4, 0.5) is 0 Å². The molecule has 0 aliphatic carbocycles. The lowest BCUT2D eigenvalue weighted by atomic mass is 9.82. The second-order valence-electron chi connectivity index (χ2n) is 6.55. The monoisotopic (exact) mass is 316 g/mol. The topological polar surface area (TPSA) is 107 Å². The molecule has 1 aliphatic heterocycles. The fraction of sp³-hybridized carbons (Fsp3) is 0.812. The molecule has 6 heteroatoms. The van der Waals surface area contributed by atoms with Crippen molar-refractivity contribution >= 4 is 5.97 Å². The largest absolute Gasteiger partial charge is 0.462 e. The molecular weight excluding hydrogens is 288 g/mol. The van der Waals surface area contributed by atoms with Gasteiger partial charge in [-0.15, -0.1) is 0 Å². The van der Waals surface area contributed by atoms with E-state index in [9.17, 15) is 25.2 Å².